The van der Waals surface area contributed by atoms with Crippen molar-refractivity contribution in [2.45, 2.75) is 25.6 Å². The summed E-state index contributed by atoms with van der Waals surface area (Å²) in [6.45, 7) is 2.20. The van der Waals surface area contributed by atoms with Crippen molar-refractivity contribution in [3.05, 3.63) is 11.9 Å². The van der Waals surface area contributed by atoms with Crippen LogP contribution >= 0.6 is 0 Å². The maximum atomic E-state index is 12.5. The molecular formula is C10H16F3N3O. The molecule has 1 aromatic rings. The van der Waals surface area contributed by atoms with E-state index in [0.717, 1.165) is 0 Å². The van der Waals surface area contributed by atoms with Gasteiger partial charge in [0.15, 0.2) is 5.75 Å². The van der Waals surface area contributed by atoms with Gasteiger partial charge in [-0.2, -0.15) is 18.3 Å². The first kappa shape index (κ1) is 13.8. The normalized spacial score (nSPS) is 13.8. The Balaban J connectivity index is 3.00. The van der Waals surface area contributed by atoms with E-state index < -0.39 is 18.6 Å². The molecule has 0 saturated carbocycles. The van der Waals surface area contributed by atoms with Crippen molar-refractivity contribution in [2.24, 2.45) is 7.05 Å². The molecule has 1 N–H and O–H groups in total. The topological polar surface area (TPSA) is 39.1 Å². The third-order valence-electron chi connectivity index (χ3n) is 2.39. The average molecular weight is 251 g/mol. The van der Waals surface area contributed by atoms with E-state index in [1.807, 2.05) is 0 Å². The number of ether oxygens (including phenoxy) is 1. The molecule has 1 heterocycles. The molecule has 0 bridgehead atoms. The van der Waals surface area contributed by atoms with E-state index in [1.165, 1.54) is 18.0 Å². The van der Waals surface area contributed by atoms with E-state index in [-0.39, 0.29) is 0 Å². The van der Waals surface area contributed by atoms with Gasteiger partial charge in [0, 0.05) is 7.05 Å². The maximum Gasteiger partial charge on any atom is 0.390 e. The Morgan fingerprint density at radius 3 is 2.65 bits per heavy atom. The lowest BCUT2D eigenvalue weighted by atomic mass is 10.1. The van der Waals surface area contributed by atoms with Gasteiger partial charge in [-0.25, -0.2) is 0 Å². The summed E-state index contributed by atoms with van der Waals surface area (Å²) in [6, 6.07) is -0.845. The molecule has 0 saturated heterocycles. The molecule has 0 aliphatic carbocycles. The predicted octanol–water partition coefficient (Wildman–Crippen LogP) is 2.03. The van der Waals surface area contributed by atoms with Crippen molar-refractivity contribution in [1.82, 2.24) is 15.1 Å². The van der Waals surface area contributed by atoms with Crippen LogP contribution in [0.1, 0.15) is 25.1 Å². The van der Waals surface area contributed by atoms with Crippen molar-refractivity contribution in [3.63, 3.8) is 0 Å². The minimum absolute atomic E-state index is 0.364. The molecule has 1 unspecified atom stereocenters. The summed E-state index contributed by atoms with van der Waals surface area (Å²) in [5.74, 6) is 0.364. The second-order valence-electron chi connectivity index (χ2n) is 3.65. The fourth-order valence-corrected chi connectivity index (χ4v) is 1.72. The van der Waals surface area contributed by atoms with E-state index >= 15 is 0 Å². The molecule has 0 aromatic carbocycles. The molecule has 0 aliphatic heterocycles. The largest absolute Gasteiger partial charge is 0.493 e. The smallest absolute Gasteiger partial charge is 0.390 e. The summed E-state index contributed by atoms with van der Waals surface area (Å²) in [4.78, 5) is 0. The van der Waals surface area contributed by atoms with Crippen LogP contribution in [0.5, 0.6) is 5.75 Å². The molecule has 98 valence electrons. The lowest BCUT2D eigenvalue weighted by Gasteiger charge is -2.20. The Hall–Kier alpha value is -1.24. The first-order valence-electron chi connectivity index (χ1n) is 5.25. The molecule has 4 nitrogen and oxygen atoms in total. The van der Waals surface area contributed by atoms with E-state index in [1.54, 1.807) is 14.0 Å². The molecular weight excluding hydrogens is 235 g/mol. The summed E-state index contributed by atoms with van der Waals surface area (Å²) in [6.07, 6.45) is -3.77. The summed E-state index contributed by atoms with van der Waals surface area (Å²) >= 11 is 0. The number of alkyl halides is 3. The van der Waals surface area contributed by atoms with Crippen LogP contribution in [0.2, 0.25) is 0 Å². The van der Waals surface area contributed by atoms with Gasteiger partial charge in [0.25, 0.3) is 0 Å². The van der Waals surface area contributed by atoms with Gasteiger partial charge in [0.1, 0.15) is 0 Å². The second kappa shape index (κ2) is 5.39. The Morgan fingerprint density at radius 1 is 1.53 bits per heavy atom. The van der Waals surface area contributed by atoms with E-state index in [4.69, 9.17) is 4.74 Å². The van der Waals surface area contributed by atoms with Crippen LogP contribution in [-0.2, 0) is 7.05 Å². The number of aryl methyl sites for hydroxylation is 1. The molecule has 0 radical (unpaired) electrons. The van der Waals surface area contributed by atoms with E-state index in [0.29, 0.717) is 18.0 Å². The van der Waals surface area contributed by atoms with Gasteiger partial charge in [-0.3, -0.25) is 4.68 Å². The number of methoxy groups -OCH3 is 1. The fourth-order valence-electron chi connectivity index (χ4n) is 1.72. The zero-order valence-corrected chi connectivity index (χ0v) is 10.0. The third-order valence-corrected chi connectivity index (χ3v) is 2.39. The highest BCUT2D eigenvalue weighted by Gasteiger charge is 2.34. The molecule has 1 atom stereocenters. The predicted molar refractivity (Wildman–Crippen MR) is 56.8 cm³/mol. The molecule has 0 fully saturated rings. The minimum atomic E-state index is -4.23. The Bertz CT molecular complexity index is 362. The van der Waals surface area contributed by atoms with Crippen molar-refractivity contribution < 1.29 is 17.9 Å². The van der Waals surface area contributed by atoms with Gasteiger partial charge in [-0.05, 0) is 6.54 Å². The number of nitrogens with one attached hydrogen (secondary N) is 1. The minimum Gasteiger partial charge on any atom is -0.493 e. The number of hydrogen-bond donors (Lipinski definition) is 1. The molecule has 0 spiro atoms. The molecule has 7 heteroatoms. The van der Waals surface area contributed by atoms with Gasteiger partial charge in [0.2, 0.25) is 0 Å². The number of nitrogens with zero attached hydrogens (tertiary/aromatic N) is 2. The van der Waals surface area contributed by atoms with Crippen LogP contribution in [0.4, 0.5) is 13.2 Å². The molecule has 0 aliphatic rings. The van der Waals surface area contributed by atoms with Crippen LogP contribution in [0, 0.1) is 0 Å². The fraction of sp³-hybridized carbons (Fsp3) is 0.700. The zero-order valence-electron chi connectivity index (χ0n) is 10.0. The third kappa shape index (κ3) is 3.62. The zero-order chi connectivity index (χ0) is 13.1. The number of rotatable bonds is 5. The Morgan fingerprint density at radius 2 is 2.18 bits per heavy atom. The lowest BCUT2D eigenvalue weighted by Crippen LogP contribution is -2.28. The lowest BCUT2D eigenvalue weighted by molar-refractivity contribution is -0.140. The highest BCUT2D eigenvalue weighted by Crippen LogP contribution is 2.33. The van der Waals surface area contributed by atoms with Crippen LogP contribution in [0.15, 0.2) is 6.20 Å². The molecule has 1 aromatic heterocycles. The van der Waals surface area contributed by atoms with Gasteiger partial charge in [-0.15, -0.1) is 0 Å². The van der Waals surface area contributed by atoms with Gasteiger partial charge < -0.3 is 10.1 Å². The monoisotopic (exact) mass is 251 g/mol. The van der Waals surface area contributed by atoms with Gasteiger partial charge in [-0.1, -0.05) is 6.92 Å². The van der Waals surface area contributed by atoms with Crippen molar-refractivity contribution in [2.75, 3.05) is 13.7 Å². The van der Waals surface area contributed by atoms with E-state index in [9.17, 15) is 13.2 Å². The van der Waals surface area contributed by atoms with Crippen LogP contribution < -0.4 is 10.1 Å². The number of hydrogen-bond acceptors (Lipinski definition) is 3. The Kier molecular flexibility index (Phi) is 4.39. The molecule has 0 amide bonds. The standard InChI is InChI=1S/C10H16F3N3O/c1-4-14-7(5-10(11,12)13)9-8(17-3)6-15-16(9)2/h6-7,14H,4-5H2,1-3H3. The van der Waals surface area contributed by atoms with Crippen LogP contribution in [-0.4, -0.2) is 29.6 Å². The highest BCUT2D eigenvalue weighted by molar-refractivity contribution is 5.28. The van der Waals surface area contributed by atoms with Crippen molar-refractivity contribution in [3.8, 4) is 5.75 Å². The van der Waals surface area contributed by atoms with Gasteiger partial charge in [0.05, 0.1) is 31.5 Å². The highest BCUT2D eigenvalue weighted by atomic mass is 19.4. The van der Waals surface area contributed by atoms with Crippen molar-refractivity contribution in [1.29, 1.82) is 0 Å². The van der Waals surface area contributed by atoms with Crippen LogP contribution in [0.25, 0.3) is 0 Å². The van der Waals surface area contributed by atoms with Crippen LogP contribution in [0.3, 0.4) is 0 Å². The average Bonchev–Trinajstić information content (AvgIpc) is 2.57. The summed E-state index contributed by atoms with van der Waals surface area (Å²) < 4.78 is 43.9. The molecule has 17 heavy (non-hydrogen) atoms. The summed E-state index contributed by atoms with van der Waals surface area (Å²) in [5.41, 5.74) is 0.409. The first-order valence-corrected chi connectivity index (χ1v) is 5.25. The second-order valence-corrected chi connectivity index (χ2v) is 3.65. The van der Waals surface area contributed by atoms with E-state index in [2.05, 4.69) is 10.4 Å². The van der Waals surface area contributed by atoms with Crippen molar-refractivity contribution >= 4 is 0 Å². The Labute approximate surface area is 97.8 Å². The first-order chi connectivity index (χ1) is 7.89. The van der Waals surface area contributed by atoms with Gasteiger partial charge >= 0.3 is 6.18 Å². The summed E-state index contributed by atoms with van der Waals surface area (Å²) in [7, 11) is 3.01. The quantitative estimate of drug-likeness (QED) is 0.870. The molecule has 1 rings (SSSR count). The maximum absolute atomic E-state index is 12.5. The SMILES string of the molecule is CCNC(CC(F)(F)F)c1c(OC)cnn1C. The number of aromatic nitrogens is 2. The summed E-state index contributed by atoms with van der Waals surface area (Å²) in [5, 5.41) is 6.70. The number of halogens is 3.